The molecule has 0 unspecified atom stereocenters. The van der Waals surface area contributed by atoms with Crippen LogP contribution in [0.25, 0.3) is 0 Å². The fourth-order valence-electron chi connectivity index (χ4n) is 3.62. The molecule has 0 spiro atoms. The van der Waals surface area contributed by atoms with Gasteiger partial charge in [0.2, 0.25) is 11.8 Å². The fourth-order valence-corrected chi connectivity index (χ4v) is 3.62. The first-order valence-electron chi connectivity index (χ1n) is 10.8. The Balaban J connectivity index is 2.70. The van der Waals surface area contributed by atoms with Crippen molar-refractivity contribution >= 4 is 24.9 Å². The third kappa shape index (κ3) is 11.0. The highest BCUT2D eigenvalue weighted by Gasteiger charge is 2.31. The van der Waals surface area contributed by atoms with Gasteiger partial charge in [-0.15, -0.1) is 0 Å². The summed E-state index contributed by atoms with van der Waals surface area (Å²) in [6.07, 6.45) is 5.51. The van der Waals surface area contributed by atoms with Crippen LogP contribution < -0.4 is 21.4 Å². The van der Waals surface area contributed by atoms with E-state index in [1.807, 2.05) is 13.8 Å². The van der Waals surface area contributed by atoms with E-state index in [4.69, 9.17) is 5.41 Å². The summed E-state index contributed by atoms with van der Waals surface area (Å²) in [5.74, 6) is -2.07. The first-order chi connectivity index (χ1) is 14.6. The van der Waals surface area contributed by atoms with Gasteiger partial charge < -0.3 is 26.0 Å². The van der Waals surface area contributed by atoms with Crippen LogP contribution in [0.5, 0.6) is 0 Å². The zero-order valence-corrected chi connectivity index (χ0v) is 18.2. The lowest BCUT2D eigenvalue weighted by atomic mass is 9.75. The van der Waals surface area contributed by atoms with Gasteiger partial charge in [0.15, 0.2) is 5.03 Å². The van der Waals surface area contributed by atoms with Crippen molar-refractivity contribution in [3.05, 3.63) is 10.1 Å². The molecule has 2 amide bonds. The largest absolute Gasteiger partial charge is 0.475 e. The minimum absolute atomic E-state index is 0.117. The summed E-state index contributed by atoms with van der Waals surface area (Å²) in [6, 6.07) is -0.887. The van der Waals surface area contributed by atoms with Crippen molar-refractivity contribution in [3.63, 3.8) is 0 Å². The molecule has 1 aliphatic rings. The molecule has 13 heteroatoms. The van der Waals surface area contributed by atoms with Gasteiger partial charge in [-0.2, -0.15) is 0 Å². The Morgan fingerprint density at radius 2 is 1.84 bits per heavy atom. The molecule has 1 fully saturated rings. The average Bonchev–Trinajstić information content (AvgIpc) is 2.69. The maximum Gasteiger partial charge on any atom is 0.475 e. The Hall–Kier alpha value is -2.41. The summed E-state index contributed by atoms with van der Waals surface area (Å²) < 4.78 is 0. The van der Waals surface area contributed by atoms with Crippen molar-refractivity contribution in [1.82, 2.24) is 21.4 Å². The molecule has 31 heavy (non-hydrogen) atoms. The van der Waals surface area contributed by atoms with Crippen LogP contribution in [0.3, 0.4) is 0 Å². The molecule has 7 N–H and O–H groups in total. The van der Waals surface area contributed by atoms with Crippen molar-refractivity contribution in [1.29, 1.82) is 5.41 Å². The lowest BCUT2D eigenvalue weighted by Gasteiger charge is -2.27. The second-order valence-electron chi connectivity index (χ2n) is 8.37. The molecule has 0 saturated heterocycles. The van der Waals surface area contributed by atoms with Crippen LogP contribution in [0.2, 0.25) is 0 Å². The number of hydrazine groups is 1. The summed E-state index contributed by atoms with van der Waals surface area (Å²) in [4.78, 5) is 35.8. The zero-order valence-electron chi connectivity index (χ0n) is 18.2. The number of amides is 2. The van der Waals surface area contributed by atoms with E-state index in [0.29, 0.717) is 12.8 Å². The molecule has 176 valence electrons. The molecule has 1 rings (SSSR count). The van der Waals surface area contributed by atoms with Crippen LogP contribution in [0.4, 0.5) is 0 Å². The number of rotatable bonds is 12. The molecule has 0 aromatic rings. The molecule has 12 nitrogen and oxygen atoms in total. The molecule has 1 saturated carbocycles. The van der Waals surface area contributed by atoms with Gasteiger partial charge in [0.25, 0.3) is 5.96 Å². The predicted octanol–water partition coefficient (Wildman–Crippen LogP) is -0.320. The quantitative estimate of drug-likeness (QED) is 0.0534. The highest BCUT2D eigenvalue weighted by atomic mass is 16.7. The first kappa shape index (κ1) is 26.6. The maximum absolute atomic E-state index is 12.8. The number of hydrogen-bond acceptors (Lipinski definition) is 7. The van der Waals surface area contributed by atoms with Gasteiger partial charge in [-0.1, -0.05) is 38.5 Å². The van der Waals surface area contributed by atoms with Gasteiger partial charge in [-0.3, -0.25) is 15.0 Å². The molecule has 0 radical (unpaired) electrons. The normalized spacial score (nSPS) is 16.2. The summed E-state index contributed by atoms with van der Waals surface area (Å²) in [6.45, 7) is 3.97. The summed E-state index contributed by atoms with van der Waals surface area (Å²) in [5, 5.41) is 43.9. The standard InChI is InChI=1S/C18H35BN6O6/c1-12(2)11-15(19(28)29)23-17(27)14(9-6-10-21-18(20)24-25(30)31)22-16(26)13-7-4-3-5-8-13/h12-15,28-29H,3-11H2,1-2H3,(H,22,26)(H,23,27)(H3,20,21,24)/t14-,15-/m0/s1. The molecular formula is C18H35BN6O6. The third-order valence-corrected chi connectivity index (χ3v) is 5.20. The minimum atomic E-state index is -1.73. The van der Waals surface area contributed by atoms with Crippen LogP contribution in [-0.2, 0) is 9.59 Å². The SMILES string of the molecule is CC(C)C[C@H](NC(=O)[C@H](CCCNC(=N)N[N+](=O)[O-])NC(=O)C1CCCCC1)B(O)O. The minimum Gasteiger partial charge on any atom is -0.426 e. The van der Waals surface area contributed by atoms with Crippen molar-refractivity contribution in [2.24, 2.45) is 11.8 Å². The Bertz CT molecular complexity index is 614. The molecule has 0 aromatic carbocycles. The van der Waals surface area contributed by atoms with Gasteiger partial charge in [-0.25, -0.2) is 10.1 Å². The van der Waals surface area contributed by atoms with Crippen molar-refractivity contribution in [2.75, 3.05) is 6.54 Å². The molecule has 0 bridgehead atoms. The zero-order chi connectivity index (χ0) is 23.4. The van der Waals surface area contributed by atoms with E-state index in [9.17, 15) is 29.8 Å². The fraction of sp³-hybridized carbons (Fsp3) is 0.833. The maximum atomic E-state index is 12.8. The van der Waals surface area contributed by atoms with E-state index in [1.165, 1.54) is 0 Å². The summed E-state index contributed by atoms with van der Waals surface area (Å²) in [7, 11) is -1.73. The number of carbonyl (C=O) groups excluding carboxylic acids is 2. The topological polar surface area (TPSA) is 190 Å². The highest BCUT2D eigenvalue weighted by Crippen LogP contribution is 2.24. The van der Waals surface area contributed by atoms with Crippen LogP contribution in [0.1, 0.15) is 65.2 Å². The lowest BCUT2D eigenvalue weighted by Crippen LogP contribution is -2.55. The van der Waals surface area contributed by atoms with Crippen molar-refractivity contribution in [2.45, 2.75) is 77.2 Å². The molecular weight excluding hydrogens is 407 g/mol. The van der Waals surface area contributed by atoms with Crippen LogP contribution in [0.15, 0.2) is 0 Å². The van der Waals surface area contributed by atoms with E-state index in [-0.39, 0.29) is 30.7 Å². The van der Waals surface area contributed by atoms with E-state index in [1.54, 1.807) is 5.43 Å². The number of hydrogen-bond donors (Lipinski definition) is 7. The number of guanidine groups is 1. The van der Waals surface area contributed by atoms with Gasteiger partial charge >= 0.3 is 7.12 Å². The average molecular weight is 442 g/mol. The Kier molecular flexibility index (Phi) is 11.9. The van der Waals surface area contributed by atoms with Gasteiger partial charge in [-0.05, 0) is 38.0 Å². The van der Waals surface area contributed by atoms with Crippen LogP contribution in [-0.4, -0.2) is 58.5 Å². The van der Waals surface area contributed by atoms with Crippen molar-refractivity contribution < 1.29 is 24.7 Å². The Morgan fingerprint density at radius 1 is 1.19 bits per heavy atom. The Labute approximate surface area is 182 Å². The van der Waals surface area contributed by atoms with Gasteiger partial charge in [0.1, 0.15) is 6.04 Å². The second kappa shape index (κ2) is 13.8. The lowest BCUT2D eigenvalue weighted by molar-refractivity contribution is -0.525. The van der Waals surface area contributed by atoms with E-state index in [0.717, 1.165) is 32.1 Å². The monoisotopic (exact) mass is 442 g/mol. The number of nitrogens with zero attached hydrogens (tertiary/aromatic N) is 1. The van der Waals surface area contributed by atoms with Crippen molar-refractivity contribution in [3.8, 4) is 0 Å². The van der Waals surface area contributed by atoms with E-state index >= 15 is 0 Å². The third-order valence-electron chi connectivity index (χ3n) is 5.20. The number of carbonyl (C=O) groups is 2. The summed E-state index contributed by atoms with van der Waals surface area (Å²) in [5.41, 5.74) is 1.68. The second-order valence-corrected chi connectivity index (χ2v) is 8.37. The summed E-state index contributed by atoms with van der Waals surface area (Å²) >= 11 is 0. The molecule has 1 aliphatic carbocycles. The van der Waals surface area contributed by atoms with Gasteiger partial charge in [0, 0.05) is 12.5 Å². The molecule has 2 atom stereocenters. The first-order valence-corrected chi connectivity index (χ1v) is 10.8. The number of nitro groups is 1. The van der Waals surface area contributed by atoms with E-state index < -0.39 is 36.0 Å². The Morgan fingerprint density at radius 3 is 2.39 bits per heavy atom. The number of nitrogens with one attached hydrogen (secondary N) is 5. The van der Waals surface area contributed by atoms with Crippen LogP contribution >= 0.6 is 0 Å². The molecule has 0 heterocycles. The molecule has 0 aromatic heterocycles. The van der Waals surface area contributed by atoms with Crippen LogP contribution in [0, 0.1) is 27.4 Å². The smallest absolute Gasteiger partial charge is 0.426 e. The highest BCUT2D eigenvalue weighted by molar-refractivity contribution is 6.43. The van der Waals surface area contributed by atoms with E-state index in [2.05, 4.69) is 16.0 Å². The predicted molar refractivity (Wildman–Crippen MR) is 115 cm³/mol. The van der Waals surface area contributed by atoms with Gasteiger partial charge in [0.05, 0.1) is 5.94 Å². The molecule has 0 aliphatic heterocycles.